The van der Waals surface area contributed by atoms with Crippen LogP contribution < -0.4 is 4.72 Å². The molecule has 114 valence electrons. The molecule has 1 atom stereocenters. The van der Waals surface area contributed by atoms with Crippen LogP contribution in [0.4, 0.5) is 0 Å². The number of aliphatic hydroxyl groups is 1. The van der Waals surface area contributed by atoms with Gasteiger partial charge in [-0.3, -0.25) is 0 Å². The first kappa shape index (κ1) is 16.6. The largest absolute Gasteiger partial charge is 0.391 e. The van der Waals surface area contributed by atoms with Crippen molar-refractivity contribution in [2.45, 2.75) is 30.7 Å². The van der Waals surface area contributed by atoms with Crippen LogP contribution in [0.15, 0.2) is 39.0 Å². The third kappa shape index (κ3) is 3.92. The normalized spacial score (nSPS) is 13.3. The van der Waals surface area contributed by atoms with Crippen LogP contribution in [0, 0.1) is 6.92 Å². The third-order valence-electron chi connectivity index (χ3n) is 3.09. The minimum absolute atomic E-state index is 0.146. The van der Waals surface area contributed by atoms with E-state index in [9.17, 15) is 13.5 Å². The molecule has 4 nitrogen and oxygen atoms in total. The molecule has 0 amide bonds. The van der Waals surface area contributed by atoms with Crippen LogP contribution in [0.2, 0.25) is 0 Å². The summed E-state index contributed by atoms with van der Waals surface area (Å²) in [6.45, 7) is 3.44. The number of aryl methyl sites for hydroxylation is 1. The van der Waals surface area contributed by atoms with Crippen LogP contribution in [0.3, 0.4) is 0 Å². The van der Waals surface area contributed by atoms with E-state index in [4.69, 9.17) is 0 Å². The number of halogens is 1. The molecule has 1 aromatic heterocycles. The van der Waals surface area contributed by atoms with Gasteiger partial charge in [-0.1, -0.05) is 28.1 Å². The molecule has 0 radical (unpaired) electrons. The Balaban J connectivity index is 2.24. The zero-order chi connectivity index (χ0) is 15.6. The second-order valence-corrected chi connectivity index (χ2v) is 8.72. The molecule has 21 heavy (non-hydrogen) atoms. The minimum atomic E-state index is -3.59. The van der Waals surface area contributed by atoms with Crippen LogP contribution in [-0.4, -0.2) is 13.5 Å². The van der Waals surface area contributed by atoms with Crippen molar-refractivity contribution in [2.24, 2.45) is 0 Å². The van der Waals surface area contributed by atoms with E-state index in [0.29, 0.717) is 4.88 Å². The SMILES string of the molecule is Cc1cc(S(=O)(=O)NC(C)c2cccc(Br)c2)sc1CO. The first-order valence-corrected chi connectivity index (χ1v) is 9.40. The molecule has 1 unspecified atom stereocenters. The Labute approximate surface area is 137 Å². The Hall–Kier alpha value is -0.730. The summed E-state index contributed by atoms with van der Waals surface area (Å²) in [4.78, 5) is 0.672. The summed E-state index contributed by atoms with van der Waals surface area (Å²) in [5.41, 5.74) is 1.67. The third-order valence-corrected chi connectivity index (χ3v) is 6.82. The van der Waals surface area contributed by atoms with Gasteiger partial charge in [0.25, 0.3) is 10.0 Å². The van der Waals surface area contributed by atoms with Gasteiger partial charge in [0.05, 0.1) is 6.61 Å². The maximum absolute atomic E-state index is 12.4. The molecular weight excluding hydrogens is 374 g/mol. The number of nitrogens with one attached hydrogen (secondary N) is 1. The molecule has 0 fully saturated rings. The van der Waals surface area contributed by atoms with Crippen LogP contribution in [0.1, 0.15) is 29.0 Å². The summed E-state index contributed by atoms with van der Waals surface area (Å²) in [7, 11) is -3.59. The fourth-order valence-electron chi connectivity index (χ4n) is 1.91. The lowest BCUT2D eigenvalue weighted by Gasteiger charge is -2.14. The monoisotopic (exact) mass is 389 g/mol. The van der Waals surface area contributed by atoms with Gasteiger partial charge >= 0.3 is 0 Å². The highest BCUT2D eigenvalue weighted by Gasteiger charge is 2.21. The van der Waals surface area contributed by atoms with Gasteiger partial charge in [0.2, 0.25) is 0 Å². The molecule has 1 heterocycles. The highest BCUT2D eigenvalue weighted by atomic mass is 79.9. The van der Waals surface area contributed by atoms with Gasteiger partial charge in [0.1, 0.15) is 4.21 Å². The van der Waals surface area contributed by atoms with Crippen molar-refractivity contribution in [2.75, 3.05) is 0 Å². The van der Waals surface area contributed by atoms with E-state index in [2.05, 4.69) is 20.7 Å². The van der Waals surface area contributed by atoms with E-state index in [1.807, 2.05) is 24.3 Å². The summed E-state index contributed by atoms with van der Waals surface area (Å²) in [5.74, 6) is 0. The van der Waals surface area contributed by atoms with Crippen molar-refractivity contribution >= 4 is 37.3 Å². The number of thiophene rings is 1. The molecule has 1 aromatic carbocycles. The molecule has 0 bridgehead atoms. The number of aliphatic hydroxyl groups excluding tert-OH is 1. The zero-order valence-corrected chi connectivity index (χ0v) is 14.8. The van der Waals surface area contributed by atoms with E-state index >= 15 is 0 Å². The van der Waals surface area contributed by atoms with Gasteiger partial charge < -0.3 is 5.11 Å². The molecule has 0 saturated heterocycles. The standard InChI is InChI=1S/C14H16BrNO3S2/c1-9-6-14(20-13(9)8-17)21(18,19)16-10(2)11-4-3-5-12(15)7-11/h3-7,10,16-17H,8H2,1-2H3. The quantitative estimate of drug-likeness (QED) is 0.823. The van der Waals surface area contributed by atoms with Crippen molar-refractivity contribution in [3.05, 3.63) is 50.8 Å². The summed E-state index contributed by atoms with van der Waals surface area (Å²) in [5, 5.41) is 9.18. The number of benzene rings is 1. The fraction of sp³-hybridized carbons (Fsp3) is 0.286. The van der Waals surface area contributed by atoms with Crippen molar-refractivity contribution < 1.29 is 13.5 Å². The zero-order valence-electron chi connectivity index (χ0n) is 11.6. The van der Waals surface area contributed by atoms with Crippen LogP contribution >= 0.6 is 27.3 Å². The topological polar surface area (TPSA) is 66.4 Å². The Morgan fingerprint density at radius 3 is 2.67 bits per heavy atom. The lowest BCUT2D eigenvalue weighted by Crippen LogP contribution is -2.26. The van der Waals surface area contributed by atoms with Crippen molar-refractivity contribution in [3.63, 3.8) is 0 Å². The predicted octanol–water partition coefficient (Wildman–Crippen LogP) is 3.35. The van der Waals surface area contributed by atoms with E-state index in [1.54, 1.807) is 19.9 Å². The summed E-state index contributed by atoms with van der Waals surface area (Å²) < 4.78 is 28.6. The second-order valence-electron chi connectivity index (χ2n) is 4.73. The van der Waals surface area contributed by atoms with Gasteiger partial charge in [-0.15, -0.1) is 11.3 Å². The van der Waals surface area contributed by atoms with E-state index in [1.165, 1.54) is 0 Å². The molecule has 0 aliphatic rings. The number of hydrogen-bond acceptors (Lipinski definition) is 4. The fourth-order valence-corrected chi connectivity index (χ4v) is 5.03. The molecule has 0 aliphatic carbocycles. The van der Waals surface area contributed by atoms with Crippen LogP contribution in [0.25, 0.3) is 0 Å². The Morgan fingerprint density at radius 2 is 2.10 bits per heavy atom. The van der Waals surface area contributed by atoms with Gasteiger partial charge in [-0.2, -0.15) is 0 Å². The molecule has 0 aliphatic heterocycles. The maximum atomic E-state index is 12.4. The lowest BCUT2D eigenvalue weighted by molar-refractivity contribution is 0.285. The smallest absolute Gasteiger partial charge is 0.250 e. The molecule has 0 spiro atoms. The average molecular weight is 390 g/mol. The number of hydrogen-bond donors (Lipinski definition) is 2. The Bertz CT molecular complexity index is 740. The van der Waals surface area contributed by atoms with Gasteiger partial charge in [-0.05, 0) is 43.2 Å². The summed E-state index contributed by atoms with van der Waals surface area (Å²) in [6, 6.07) is 8.76. The first-order valence-electron chi connectivity index (χ1n) is 6.31. The van der Waals surface area contributed by atoms with Gasteiger partial charge in [-0.25, -0.2) is 13.1 Å². The van der Waals surface area contributed by atoms with Crippen molar-refractivity contribution in [1.29, 1.82) is 0 Å². The van der Waals surface area contributed by atoms with Gasteiger partial charge in [0.15, 0.2) is 0 Å². The molecule has 2 N–H and O–H groups in total. The maximum Gasteiger partial charge on any atom is 0.250 e. The van der Waals surface area contributed by atoms with Gasteiger partial charge in [0, 0.05) is 15.4 Å². The molecule has 2 rings (SSSR count). The summed E-state index contributed by atoms with van der Waals surface area (Å²) in [6.07, 6.45) is 0. The number of rotatable bonds is 5. The summed E-state index contributed by atoms with van der Waals surface area (Å²) >= 11 is 4.47. The minimum Gasteiger partial charge on any atom is -0.391 e. The first-order chi connectivity index (χ1) is 9.83. The highest BCUT2D eigenvalue weighted by Crippen LogP contribution is 2.27. The average Bonchev–Trinajstić information content (AvgIpc) is 2.80. The second kappa shape index (κ2) is 6.58. The molecular formula is C14H16BrNO3S2. The Morgan fingerprint density at radius 1 is 1.38 bits per heavy atom. The van der Waals surface area contributed by atoms with E-state index in [0.717, 1.165) is 26.9 Å². The van der Waals surface area contributed by atoms with Crippen molar-refractivity contribution in [1.82, 2.24) is 4.72 Å². The van der Waals surface area contributed by atoms with Crippen LogP contribution in [-0.2, 0) is 16.6 Å². The predicted molar refractivity (Wildman–Crippen MR) is 87.9 cm³/mol. The molecule has 7 heteroatoms. The Kier molecular flexibility index (Phi) is 5.21. The van der Waals surface area contributed by atoms with E-state index in [-0.39, 0.29) is 16.9 Å². The lowest BCUT2D eigenvalue weighted by atomic mass is 10.1. The molecule has 0 saturated carbocycles. The molecule has 2 aromatic rings. The van der Waals surface area contributed by atoms with Crippen LogP contribution in [0.5, 0.6) is 0 Å². The van der Waals surface area contributed by atoms with Crippen molar-refractivity contribution in [3.8, 4) is 0 Å². The highest BCUT2D eigenvalue weighted by molar-refractivity contribution is 9.10. The number of sulfonamides is 1. The van der Waals surface area contributed by atoms with E-state index < -0.39 is 10.0 Å².